The predicted octanol–water partition coefficient (Wildman–Crippen LogP) is 2.95. The van der Waals surface area contributed by atoms with E-state index in [-0.39, 0.29) is 12.4 Å². The minimum absolute atomic E-state index is 0.116. The molecule has 0 aromatic heterocycles. The van der Waals surface area contributed by atoms with Gasteiger partial charge in [0.2, 0.25) is 0 Å². The molecular weight excluding hydrogens is 249 g/mol. The van der Waals surface area contributed by atoms with Crippen LogP contribution in [0.25, 0.3) is 0 Å². The summed E-state index contributed by atoms with van der Waals surface area (Å²) in [6.45, 7) is 2.10. The van der Waals surface area contributed by atoms with Crippen molar-refractivity contribution in [3.05, 3.63) is 33.8 Å². The Morgan fingerprint density at radius 1 is 1.38 bits per heavy atom. The second-order valence-electron chi connectivity index (χ2n) is 3.32. The third kappa shape index (κ3) is 4.00. The quantitative estimate of drug-likeness (QED) is 0.849. The molecule has 0 heterocycles. The number of rotatable bonds is 4. The van der Waals surface area contributed by atoms with E-state index in [1.54, 1.807) is 25.1 Å². The fourth-order valence-corrected chi connectivity index (χ4v) is 1.85. The molecule has 1 aromatic rings. The molecule has 0 radical (unpaired) electrons. The molecule has 1 unspecified atom stereocenters. The molecule has 1 rings (SSSR count). The van der Waals surface area contributed by atoms with E-state index in [1.165, 1.54) is 0 Å². The molecule has 16 heavy (non-hydrogen) atoms. The Bertz CT molecular complexity index is 362. The van der Waals surface area contributed by atoms with Gasteiger partial charge in [-0.3, -0.25) is 4.79 Å². The van der Waals surface area contributed by atoms with Gasteiger partial charge in [-0.05, 0) is 30.7 Å². The van der Waals surface area contributed by atoms with Gasteiger partial charge in [-0.15, -0.1) is 0 Å². The zero-order chi connectivity index (χ0) is 12.1. The van der Waals surface area contributed by atoms with E-state index in [0.29, 0.717) is 16.7 Å². The minimum atomic E-state index is -0.449. The van der Waals surface area contributed by atoms with Crippen LogP contribution in [0.1, 0.15) is 24.9 Å². The molecule has 2 N–H and O–H groups in total. The van der Waals surface area contributed by atoms with Crippen LogP contribution in [-0.2, 0) is 9.53 Å². The van der Waals surface area contributed by atoms with Gasteiger partial charge >= 0.3 is 5.97 Å². The molecule has 0 fully saturated rings. The van der Waals surface area contributed by atoms with Crippen molar-refractivity contribution in [1.82, 2.24) is 0 Å². The summed E-state index contributed by atoms with van der Waals surface area (Å²) in [4.78, 5) is 11.2. The number of esters is 1. The van der Waals surface area contributed by atoms with Gasteiger partial charge in [0.15, 0.2) is 0 Å². The fourth-order valence-electron chi connectivity index (χ4n) is 1.31. The van der Waals surface area contributed by atoms with Crippen LogP contribution in [0.3, 0.4) is 0 Å². The van der Waals surface area contributed by atoms with Gasteiger partial charge in [0.25, 0.3) is 0 Å². The van der Waals surface area contributed by atoms with Gasteiger partial charge < -0.3 is 10.5 Å². The number of nitrogens with two attached hydrogens (primary N) is 1. The van der Waals surface area contributed by atoms with E-state index in [4.69, 9.17) is 33.7 Å². The molecule has 88 valence electrons. The molecule has 0 saturated carbocycles. The summed E-state index contributed by atoms with van der Waals surface area (Å²) in [5, 5.41) is 1.00. The summed E-state index contributed by atoms with van der Waals surface area (Å²) in [7, 11) is 0. The van der Waals surface area contributed by atoms with Crippen molar-refractivity contribution in [1.29, 1.82) is 0 Å². The van der Waals surface area contributed by atoms with Crippen molar-refractivity contribution in [2.75, 3.05) is 6.61 Å². The van der Waals surface area contributed by atoms with Crippen molar-refractivity contribution in [3.63, 3.8) is 0 Å². The molecule has 1 aromatic carbocycles. The van der Waals surface area contributed by atoms with Crippen LogP contribution in [0.2, 0.25) is 10.0 Å². The zero-order valence-electron chi connectivity index (χ0n) is 8.87. The molecule has 3 nitrogen and oxygen atoms in total. The summed E-state index contributed by atoms with van der Waals surface area (Å²) >= 11 is 11.7. The van der Waals surface area contributed by atoms with Crippen molar-refractivity contribution < 1.29 is 9.53 Å². The maximum atomic E-state index is 11.2. The number of carbonyl (C=O) groups excluding carboxylic acids is 1. The second kappa shape index (κ2) is 6.09. The normalized spacial score (nSPS) is 12.2. The number of hydrogen-bond acceptors (Lipinski definition) is 3. The smallest absolute Gasteiger partial charge is 0.307 e. The average molecular weight is 262 g/mol. The van der Waals surface area contributed by atoms with Crippen LogP contribution >= 0.6 is 23.2 Å². The fraction of sp³-hybridized carbons (Fsp3) is 0.364. The van der Waals surface area contributed by atoms with Gasteiger partial charge in [0.1, 0.15) is 0 Å². The maximum Gasteiger partial charge on any atom is 0.307 e. The Balaban J connectivity index is 2.72. The molecule has 0 saturated heterocycles. The molecule has 0 spiro atoms. The van der Waals surface area contributed by atoms with E-state index >= 15 is 0 Å². The first kappa shape index (κ1) is 13.3. The van der Waals surface area contributed by atoms with E-state index in [9.17, 15) is 4.79 Å². The van der Waals surface area contributed by atoms with Crippen LogP contribution in [0, 0.1) is 0 Å². The topological polar surface area (TPSA) is 52.3 Å². The first-order valence-electron chi connectivity index (χ1n) is 4.90. The Morgan fingerprint density at radius 3 is 2.44 bits per heavy atom. The van der Waals surface area contributed by atoms with Crippen LogP contribution in [0.5, 0.6) is 0 Å². The standard InChI is InChI=1S/C11H13Cl2NO2/c1-2-16-11(15)6-10(14)7-3-8(12)5-9(13)4-7/h3-5,10H,2,6,14H2,1H3. The number of halogens is 2. The van der Waals surface area contributed by atoms with Crippen molar-refractivity contribution in [3.8, 4) is 0 Å². The number of benzene rings is 1. The maximum absolute atomic E-state index is 11.2. The SMILES string of the molecule is CCOC(=O)CC(N)c1cc(Cl)cc(Cl)c1. The van der Waals surface area contributed by atoms with Crippen LogP contribution in [0.4, 0.5) is 0 Å². The van der Waals surface area contributed by atoms with E-state index in [0.717, 1.165) is 5.56 Å². The van der Waals surface area contributed by atoms with Crippen molar-refractivity contribution in [2.45, 2.75) is 19.4 Å². The minimum Gasteiger partial charge on any atom is -0.466 e. The highest BCUT2D eigenvalue weighted by atomic mass is 35.5. The average Bonchev–Trinajstić information content (AvgIpc) is 2.16. The van der Waals surface area contributed by atoms with E-state index < -0.39 is 6.04 Å². The third-order valence-electron chi connectivity index (χ3n) is 2.00. The Kier molecular flexibility index (Phi) is 5.06. The summed E-state index contributed by atoms with van der Waals surface area (Å²) in [6.07, 6.45) is 0.116. The predicted molar refractivity (Wildman–Crippen MR) is 64.6 cm³/mol. The largest absolute Gasteiger partial charge is 0.466 e. The number of carbonyl (C=O) groups is 1. The molecular formula is C11H13Cl2NO2. The van der Waals surface area contributed by atoms with Crippen LogP contribution in [-0.4, -0.2) is 12.6 Å². The zero-order valence-corrected chi connectivity index (χ0v) is 10.4. The van der Waals surface area contributed by atoms with Crippen LogP contribution in [0.15, 0.2) is 18.2 Å². The highest BCUT2D eigenvalue weighted by Gasteiger charge is 2.13. The lowest BCUT2D eigenvalue weighted by atomic mass is 10.1. The lowest BCUT2D eigenvalue weighted by molar-refractivity contribution is -0.143. The third-order valence-corrected chi connectivity index (χ3v) is 2.44. The van der Waals surface area contributed by atoms with Gasteiger partial charge in [0.05, 0.1) is 13.0 Å². The highest BCUT2D eigenvalue weighted by molar-refractivity contribution is 6.34. The van der Waals surface area contributed by atoms with Gasteiger partial charge in [-0.25, -0.2) is 0 Å². The first-order chi connectivity index (χ1) is 7.52. The molecule has 0 bridgehead atoms. The first-order valence-corrected chi connectivity index (χ1v) is 5.65. The lowest BCUT2D eigenvalue weighted by Crippen LogP contribution is -2.17. The van der Waals surface area contributed by atoms with Gasteiger partial charge in [-0.1, -0.05) is 23.2 Å². The van der Waals surface area contributed by atoms with Crippen LogP contribution < -0.4 is 5.73 Å². The monoisotopic (exact) mass is 261 g/mol. The summed E-state index contributed by atoms with van der Waals surface area (Å²) in [5.41, 5.74) is 6.57. The van der Waals surface area contributed by atoms with Gasteiger partial charge in [-0.2, -0.15) is 0 Å². The van der Waals surface area contributed by atoms with Crippen molar-refractivity contribution in [2.24, 2.45) is 5.73 Å². The summed E-state index contributed by atoms with van der Waals surface area (Å²) < 4.78 is 4.81. The molecule has 0 aliphatic heterocycles. The van der Waals surface area contributed by atoms with Gasteiger partial charge in [0, 0.05) is 16.1 Å². The molecule has 0 aliphatic rings. The lowest BCUT2D eigenvalue weighted by Gasteiger charge is -2.12. The number of hydrogen-bond donors (Lipinski definition) is 1. The molecule has 0 aliphatic carbocycles. The summed E-state index contributed by atoms with van der Waals surface area (Å²) in [5.74, 6) is -0.328. The van der Waals surface area contributed by atoms with E-state index in [2.05, 4.69) is 0 Å². The Morgan fingerprint density at radius 2 is 1.94 bits per heavy atom. The second-order valence-corrected chi connectivity index (χ2v) is 4.19. The highest BCUT2D eigenvalue weighted by Crippen LogP contribution is 2.24. The Hall–Kier alpha value is -0.770. The summed E-state index contributed by atoms with van der Waals surface area (Å²) in [6, 6.07) is 4.55. The molecule has 5 heteroatoms. The number of ether oxygens (including phenoxy) is 1. The van der Waals surface area contributed by atoms with Crippen molar-refractivity contribution >= 4 is 29.2 Å². The molecule has 0 amide bonds. The Labute approximate surface area is 104 Å². The van der Waals surface area contributed by atoms with E-state index in [1.807, 2.05) is 0 Å². The molecule has 1 atom stereocenters.